The number of hydrogen-bond donors (Lipinski definition) is 0. The molecule has 0 amide bonds. The first kappa shape index (κ1) is 11.7. The zero-order valence-corrected chi connectivity index (χ0v) is 10.3. The molecule has 0 spiro atoms. The highest BCUT2D eigenvalue weighted by Crippen LogP contribution is 2.45. The summed E-state index contributed by atoms with van der Waals surface area (Å²) < 4.78 is 5.56. The second-order valence-corrected chi connectivity index (χ2v) is 9.34. The molecule has 0 aromatic heterocycles. The Hall–Kier alpha value is -0.340. The van der Waals surface area contributed by atoms with E-state index in [0.29, 0.717) is 0 Å². The van der Waals surface area contributed by atoms with Gasteiger partial charge in [0.05, 0.1) is 6.61 Å². The molecule has 0 bridgehead atoms. The first-order valence-electron chi connectivity index (χ1n) is 4.66. The van der Waals surface area contributed by atoms with E-state index >= 15 is 0 Å². The lowest BCUT2D eigenvalue weighted by atomic mass is 10.3. The van der Waals surface area contributed by atoms with Crippen molar-refractivity contribution in [1.29, 1.82) is 0 Å². The molecule has 0 aliphatic carbocycles. The van der Waals surface area contributed by atoms with Crippen LogP contribution in [0, 0.1) is 0 Å². The first-order valence-corrected chi connectivity index (χ1v) is 8.11. The minimum atomic E-state index is -0.886. The highest BCUT2D eigenvalue weighted by Gasteiger charge is 2.05. The van der Waals surface area contributed by atoms with Gasteiger partial charge in [-0.15, -0.1) is 0 Å². The standard InChI is InChI=1S/C11H17ClOS/c1-14(2,12)10-6-9-13-11-7-4-3-5-8-11/h3-5,7-8H,6,9-10H2,1-2H3. The van der Waals surface area contributed by atoms with E-state index in [0.717, 1.165) is 24.5 Å². The molecule has 0 aliphatic heterocycles. The Morgan fingerprint density at radius 2 is 1.86 bits per heavy atom. The van der Waals surface area contributed by atoms with Crippen molar-refractivity contribution in [2.45, 2.75) is 6.42 Å². The summed E-state index contributed by atoms with van der Waals surface area (Å²) in [6, 6.07) is 9.88. The molecule has 0 unspecified atom stereocenters. The normalized spacial score (nSPS) is 12.5. The average Bonchev–Trinajstić information content (AvgIpc) is 2.13. The van der Waals surface area contributed by atoms with Crippen LogP contribution < -0.4 is 4.74 Å². The SMILES string of the molecule is CS(C)(Cl)CCCOc1ccccc1. The van der Waals surface area contributed by atoms with Crippen LogP contribution in [-0.4, -0.2) is 24.9 Å². The maximum absolute atomic E-state index is 6.14. The van der Waals surface area contributed by atoms with Crippen LogP contribution in [0.25, 0.3) is 0 Å². The van der Waals surface area contributed by atoms with E-state index in [1.807, 2.05) is 30.3 Å². The van der Waals surface area contributed by atoms with Crippen LogP contribution >= 0.6 is 19.9 Å². The highest BCUT2D eigenvalue weighted by molar-refractivity contribution is 8.50. The van der Waals surface area contributed by atoms with Gasteiger partial charge in [0.1, 0.15) is 5.75 Å². The molecule has 3 heteroatoms. The highest BCUT2D eigenvalue weighted by atomic mass is 35.7. The molecule has 0 heterocycles. The topological polar surface area (TPSA) is 9.23 Å². The van der Waals surface area contributed by atoms with Gasteiger partial charge in [-0.25, -0.2) is 0 Å². The van der Waals surface area contributed by atoms with Gasteiger partial charge in [-0.2, -0.15) is 9.24 Å². The molecule has 0 N–H and O–H groups in total. The summed E-state index contributed by atoms with van der Waals surface area (Å²) in [5, 5.41) is 0. The molecule has 0 radical (unpaired) electrons. The fourth-order valence-electron chi connectivity index (χ4n) is 1.11. The number of benzene rings is 1. The van der Waals surface area contributed by atoms with Crippen molar-refractivity contribution in [3.05, 3.63) is 30.3 Å². The van der Waals surface area contributed by atoms with Gasteiger partial charge in [0, 0.05) is 0 Å². The summed E-state index contributed by atoms with van der Waals surface area (Å²) in [4.78, 5) is 0. The van der Waals surface area contributed by atoms with Crippen molar-refractivity contribution in [2.75, 3.05) is 24.9 Å². The molecule has 1 aromatic rings. The molecule has 14 heavy (non-hydrogen) atoms. The smallest absolute Gasteiger partial charge is 0.119 e. The lowest BCUT2D eigenvalue weighted by Crippen LogP contribution is -2.02. The van der Waals surface area contributed by atoms with Crippen molar-refractivity contribution in [2.24, 2.45) is 0 Å². The second-order valence-electron chi connectivity index (χ2n) is 3.62. The maximum Gasteiger partial charge on any atom is 0.119 e. The third-order valence-electron chi connectivity index (χ3n) is 1.79. The number of rotatable bonds is 5. The van der Waals surface area contributed by atoms with E-state index in [4.69, 9.17) is 15.4 Å². The summed E-state index contributed by atoms with van der Waals surface area (Å²) in [5.74, 6) is 2.00. The van der Waals surface area contributed by atoms with Gasteiger partial charge in [-0.3, -0.25) is 0 Å². The Bertz CT molecular complexity index is 256. The molecule has 1 rings (SSSR count). The molecule has 0 atom stereocenters. The van der Waals surface area contributed by atoms with Gasteiger partial charge in [0.2, 0.25) is 0 Å². The van der Waals surface area contributed by atoms with Gasteiger partial charge in [0.25, 0.3) is 0 Å². The Kier molecular flexibility index (Phi) is 4.63. The fourth-order valence-corrected chi connectivity index (χ4v) is 2.24. The van der Waals surface area contributed by atoms with Gasteiger partial charge in [-0.05, 0) is 36.8 Å². The lowest BCUT2D eigenvalue weighted by molar-refractivity contribution is 0.318. The van der Waals surface area contributed by atoms with Crippen molar-refractivity contribution < 1.29 is 4.74 Å². The van der Waals surface area contributed by atoms with Gasteiger partial charge in [0.15, 0.2) is 0 Å². The Morgan fingerprint density at radius 3 is 2.43 bits per heavy atom. The number of ether oxygens (including phenoxy) is 1. The molecule has 0 aliphatic rings. The zero-order valence-electron chi connectivity index (χ0n) is 8.70. The summed E-state index contributed by atoms with van der Waals surface area (Å²) in [6.45, 7) is 0.757. The maximum atomic E-state index is 6.14. The minimum Gasteiger partial charge on any atom is -0.494 e. The second kappa shape index (κ2) is 5.52. The number of halogens is 1. The van der Waals surface area contributed by atoms with E-state index in [2.05, 4.69) is 12.5 Å². The lowest BCUT2D eigenvalue weighted by Gasteiger charge is -2.21. The van der Waals surface area contributed by atoms with E-state index in [1.165, 1.54) is 0 Å². The summed E-state index contributed by atoms with van der Waals surface area (Å²) in [6.07, 6.45) is 5.24. The predicted molar refractivity (Wildman–Crippen MR) is 66.7 cm³/mol. The third-order valence-corrected chi connectivity index (χ3v) is 3.51. The number of para-hydroxylation sites is 1. The number of hydrogen-bond acceptors (Lipinski definition) is 1. The average molecular weight is 233 g/mol. The van der Waals surface area contributed by atoms with E-state index in [-0.39, 0.29) is 0 Å². The zero-order chi connectivity index (χ0) is 10.4. The molecular weight excluding hydrogens is 216 g/mol. The predicted octanol–water partition coefficient (Wildman–Crippen LogP) is 3.67. The van der Waals surface area contributed by atoms with Crippen molar-refractivity contribution in [3.63, 3.8) is 0 Å². The molecule has 0 saturated carbocycles. The summed E-state index contributed by atoms with van der Waals surface area (Å²) >= 11 is 0. The fraction of sp³-hybridized carbons (Fsp3) is 0.455. The molecule has 1 nitrogen and oxygen atoms in total. The van der Waals surface area contributed by atoms with Crippen LogP contribution in [0.5, 0.6) is 5.75 Å². The van der Waals surface area contributed by atoms with Crippen LogP contribution in [0.15, 0.2) is 30.3 Å². The molecule has 0 fully saturated rings. The molecule has 1 aromatic carbocycles. The Labute approximate surface area is 92.2 Å². The van der Waals surface area contributed by atoms with Crippen molar-refractivity contribution in [1.82, 2.24) is 0 Å². The van der Waals surface area contributed by atoms with Gasteiger partial charge in [-0.1, -0.05) is 28.9 Å². The van der Waals surface area contributed by atoms with Crippen LogP contribution in [0.3, 0.4) is 0 Å². The monoisotopic (exact) mass is 232 g/mol. The Balaban J connectivity index is 2.17. The molecule has 0 saturated heterocycles. The molecule has 80 valence electrons. The van der Waals surface area contributed by atoms with Crippen molar-refractivity contribution in [3.8, 4) is 5.75 Å². The van der Waals surface area contributed by atoms with E-state index < -0.39 is 9.24 Å². The van der Waals surface area contributed by atoms with E-state index in [9.17, 15) is 0 Å². The van der Waals surface area contributed by atoms with E-state index in [1.54, 1.807) is 0 Å². The Morgan fingerprint density at radius 1 is 1.21 bits per heavy atom. The largest absolute Gasteiger partial charge is 0.494 e. The summed E-state index contributed by atoms with van der Waals surface area (Å²) in [5.41, 5.74) is 0. The van der Waals surface area contributed by atoms with Crippen LogP contribution in [0.4, 0.5) is 0 Å². The quantitative estimate of drug-likeness (QED) is 0.704. The van der Waals surface area contributed by atoms with Gasteiger partial charge < -0.3 is 4.74 Å². The van der Waals surface area contributed by atoms with Crippen molar-refractivity contribution >= 4 is 19.9 Å². The van der Waals surface area contributed by atoms with Crippen LogP contribution in [-0.2, 0) is 0 Å². The molecular formula is C11H17ClOS. The third kappa shape index (κ3) is 5.40. The minimum absolute atomic E-state index is 0.757. The van der Waals surface area contributed by atoms with Crippen LogP contribution in [0.2, 0.25) is 0 Å². The summed E-state index contributed by atoms with van der Waals surface area (Å²) in [7, 11) is 5.26. The first-order chi connectivity index (χ1) is 6.58. The van der Waals surface area contributed by atoms with Gasteiger partial charge >= 0.3 is 0 Å². The van der Waals surface area contributed by atoms with Crippen LogP contribution in [0.1, 0.15) is 6.42 Å².